The number of rotatable bonds is 5. The Morgan fingerprint density at radius 2 is 2.29 bits per heavy atom. The Bertz CT molecular complexity index is 952. The first-order valence-electron chi connectivity index (χ1n) is 6.92. The number of nitrogens with zero attached hydrogens (tertiary/aromatic N) is 3. The average molecular weight is 347 g/mol. The zero-order valence-electron chi connectivity index (χ0n) is 12.6. The number of carbonyl (C=O) groups is 1. The van der Waals surface area contributed by atoms with Crippen LogP contribution < -0.4 is 10.9 Å². The van der Waals surface area contributed by atoms with Crippen molar-refractivity contribution in [3.63, 3.8) is 0 Å². The van der Waals surface area contributed by atoms with Crippen LogP contribution in [0.15, 0.2) is 22.4 Å². The third-order valence-corrected chi connectivity index (χ3v) is 3.94. The van der Waals surface area contributed by atoms with Crippen LogP contribution in [0.3, 0.4) is 0 Å². The molecule has 3 aromatic heterocycles. The third kappa shape index (κ3) is 2.96. The summed E-state index contributed by atoms with van der Waals surface area (Å²) >= 11 is 1.33. The molecule has 0 bridgehead atoms. The number of aliphatic hydroxyl groups excluding tert-OH is 1. The summed E-state index contributed by atoms with van der Waals surface area (Å²) in [5.41, 5.74) is 0.704. The van der Waals surface area contributed by atoms with Gasteiger partial charge in [-0.3, -0.25) is 9.78 Å². The van der Waals surface area contributed by atoms with Gasteiger partial charge in [-0.15, -0.1) is 11.3 Å². The van der Waals surface area contributed by atoms with Crippen LogP contribution in [0.5, 0.6) is 0 Å². The fourth-order valence-corrected chi connectivity index (χ4v) is 2.80. The van der Waals surface area contributed by atoms with Gasteiger partial charge in [0.25, 0.3) is 5.56 Å². The highest BCUT2D eigenvalue weighted by Gasteiger charge is 2.17. The van der Waals surface area contributed by atoms with Crippen molar-refractivity contribution in [2.45, 2.75) is 0 Å². The Labute approximate surface area is 139 Å². The molecule has 10 heteroatoms. The lowest BCUT2D eigenvalue weighted by Crippen LogP contribution is -2.17. The molecule has 0 aromatic carbocycles. The Morgan fingerprint density at radius 1 is 1.46 bits per heavy atom. The third-order valence-electron chi connectivity index (χ3n) is 3.14. The van der Waals surface area contributed by atoms with Gasteiger partial charge in [0.1, 0.15) is 16.9 Å². The van der Waals surface area contributed by atoms with Gasteiger partial charge in [0.2, 0.25) is 5.82 Å². The van der Waals surface area contributed by atoms with Crippen molar-refractivity contribution in [3.8, 4) is 11.4 Å². The normalized spacial score (nSPS) is 10.8. The molecule has 0 fully saturated rings. The smallest absolute Gasteiger partial charge is 0.374 e. The molecule has 0 spiro atoms. The van der Waals surface area contributed by atoms with E-state index in [0.29, 0.717) is 28.5 Å². The van der Waals surface area contributed by atoms with E-state index in [2.05, 4.69) is 30.0 Å². The van der Waals surface area contributed by atoms with E-state index < -0.39 is 11.5 Å². The van der Waals surface area contributed by atoms with Gasteiger partial charge < -0.3 is 20.1 Å². The number of nitrogens with one attached hydrogen (secondary N) is 2. The standard InChI is InChI=1S/C14H13N5O4S/c1-23-13(22)11-18-9-7(12(21)19-11)2-3-15-10(9)8-6-24-14(17-8)16-4-5-20/h2-3,6,20H,4-5H2,1H3,(H,16,17)(H,18,19,21). The lowest BCUT2D eigenvalue weighted by atomic mass is 10.2. The highest BCUT2D eigenvalue weighted by molar-refractivity contribution is 7.14. The molecule has 124 valence electrons. The lowest BCUT2D eigenvalue weighted by Gasteiger charge is -2.04. The van der Waals surface area contributed by atoms with E-state index in [9.17, 15) is 9.59 Å². The number of methoxy groups -OCH3 is 1. The van der Waals surface area contributed by atoms with Gasteiger partial charge in [0, 0.05) is 18.1 Å². The summed E-state index contributed by atoms with van der Waals surface area (Å²) in [6, 6.07) is 1.52. The SMILES string of the molecule is COC(=O)c1nc2c(-c3csc(NCCO)n3)nccc2c(=O)[nH]1. The number of esters is 1. The number of fused-ring (bicyclic) bond motifs is 1. The molecule has 0 saturated heterocycles. The van der Waals surface area contributed by atoms with Gasteiger partial charge in [-0.25, -0.2) is 14.8 Å². The summed E-state index contributed by atoms with van der Waals surface area (Å²) in [5.74, 6) is -0.939. The van der Waals surface area contributed by atoms with Crippen LogP contribution in [0, 0.1) is 0 Å². The number of thiazole rings is 1. The second-order valence-electron chi connectivity index (χ2n) is 4.65. The first kappa shape index (κ1) is 16.0. The van der Waals surface area contributed by atoms with Crippen LogP contribution in [-0.4, -0.2) is 51.3 Å². The molecule has 0 atom stereocenters. The highest BCUT2D eigenvalue weighted by atomic mass is 32.1. The molecule has 0 radical (unpaired) electrons. The number of anilines is 1. The van der Waals surface area contributed by atoms with Crippen molar-refractivity contribution >= 4 is 33.3 Å². The van der Waals surface area contributed by atoms with Crippen LogP contribution in [0.25, 0.3) is 22.3 Å². The van der Waals surface area contributed by atoms with Crippen molar-refractivity contribution in [1.82, 2.24) is 19.9 Å². The van der Waals surface area contributed by atoms with Gasteiger partial charge in [-0.2, -0.15) is 0 Å². The number of hydrogen-bond acceptors (Lipinski definition) is 9. The van der Waals surface area contributed by atoms with Crippen LogP contribution in [-0.2, 0) is 4.74 Å². The zero-order valence-corrected chi connectivity index (χ0v) is 13.4. The maximum Gasteiger partial charge on any atom is 0.374 e. The number of aliphatic hydroxyl groups is 1. The molecule has 0 aliphatic carbocycles. The van der Waals surface area contributed by atoms with Crippen molar-refractivity contribution in [3.05, 3.63) is 33.8 Å². The number of carbonyl (C=O) groups excluding carboxylic acids is 1. The molecule has 3 N–H and O–H groups in total. The molecule has 3 rings (SSSR count). The first-order valence-corrected chi connectivity index (χ1v) is 7.80. The molecule has 9 nitrogen and oxygen atoms in total. The molecule has 0 unspecified atom stereocenters. The molecule has 3 heterocycles. The van der Waals surface area contributed by atoms with Crippen molar-refractivity contribution in [2.75, 3.05) is 25.6 Å². The van der Waals surface area contributed by atoms with E-state index in [4.69, 9.17) is 5.11 Å². The average Bonchev–Trinajstić information content (AvgIpc) is 3.07. The summed E-state index contributed by atoms with van der Waals surface area (Å²) in [5, 5.41) is 14.4. The second-order valence-corrected chi connectivity index (χ2v) is 5.51. The highest BCUT2D eigenvalue weighted by Crippen LogP contribution is 2.27. The maximum atomic E-state index is 12.2. The van der Waals surface area contributed by atoms with Gasteiger partial charge in [0.15, 0.2) is 5.13 Å². The molecular formula is C14H13N5O4S. The number of aromatic nitrogens is 4. The van der Waals surface area contributed by atoms with Crippen LogP contribution in [0.1, 0.15) is 10.6 Å². The van der Waals surface area contributed by atoms with Crippen molar-refractivity contribution < 1.29 is 14.6 Å². The Morgan fingerprint density at radius 3 is 3.04 bits per heavy atom. The fraction of sp³-hybridized carbons (Fsp3) is 0.214. The topological polar surface area (TPSA) is 130 Å². The molecule has 0 aliphatic heterocycles. The van der Waals surface area contributed by atoms with Crippen LogP contribution in [0.2, 0.25) is 0 Å². The summed E-state index contributed by atoms with van der Waals surface area (Å²) in [6.45, 7) is 0.362. The molecule has 0 aliphatic rings. The van der Waals surface area contributed by atoms with E-state index in [-0.39, 0.29) is 17.9 Å². The Hall–Kier alpha value is -2.85. The predicted octanol–water partition coefficient (Wildman–Crippen LogP) is 0.632. The molecule has 3 aromatic rings. The van der Waals surface area contributed by atoms with Crippen LogP contribution in [0.4, 0.5) is 5.13 Å². The number of H-pyrrole nitrogens is 1. The zero-order chi connectivity index (χ0) is 17.1. The summed E-state index contributed by atoms with van der Waals surface area (Å²) in [4.78, 5) is 39.0. The number of aromatic amines is 1. The van der Waals surface area contributed by atoms with E-state index >= 15 is 0 Å². The van der Waals surface area contributed by atoms with E-state index in [1.54, 1.807) is 5.38 Å². The van der Waals surface area contributed by atoms with Gasteiger partial charge >= 0.3 is 5.97 Å². The number of pyridine rings is 1. The van der Waals surface area contributed by atoms with E-state index in [1.807, 2.05) is 0 Å². The van der Waals surface area contributed by atoms with E-state index in [0.717, 1.165) is 0 Å². The second kappa shape index (κ2) is 6.72. The minimum Gasteiger partial charge on any atom is -0.463 e. The fourth-order valence-electron chi connectivity index (χ4n) is 2.07. The molecular weight excluding hydrogens is 334 g/mol. The number of hydrogen-bond donors (Lipinski definition) is 3. The summed E-state index contributed by atoms with van der Waals surface area (Å²) in [6.07, 6.45) is 1.48. The predicted molar refractivity (Wildman–Crippen MR) is 88.2 cm³/mol. The number of ether oxygens (including phenoxy) is 1. The van der Waals surface area contributed by atoms with Gasteiger partial charge in [-0.05, 0) is 6.07 Å². The minimum absolute atomic E-state index is 0.0130. The lowest BCUT2D eigenvalue weighted by molar-refractivity contribution is 0.0587. The minimum atomic E-state index is -0.743. The maximum absolute atomic E-state index is 12.2. The summed E-state index contributed by atoms with van der Waals surface area (Å²) in [7, 11) is 1.20. The molecule has 0 amide bonds. The quantitative estimate of drug-likeness (QED) is 0.573. The van der Waals surface area contributed by atoms with Crippen molar-refractivity contribution in [2.24, 2.45) is 0 Å². The monoisotopic (exact) mass is 347 g/mol. The van der Waals surface area contributed by atoms with E-state index in [1.165, 1.54) is 30.7 Å². The van der Waals surface area contributed by atoms with Crippen LogP contribution >= 0.6 is 11.3 Å². The Balaban J connectivity index is 2.14. The Kier molecular flexibility index (Phi) is 4.49. The van der Waals surface area contributed by atoms with Gasteiger partial charge in [0.05, 0.1) is 19.1 Å². The largest absolute Gasteiger partial charge is 0.463 e. The van der Waals surface area contributed by atoms with Gasteiger partial charge in [-0.1, -0.05) is 0 Å². The molecule has 0 saturated carbocycles. The molecule has 24 heavy (non-hydrogen) atoms. The van der Waals surface area contributed by atoms with Crippen molar-refractivity contribution in [1.29, 1.82) is 0 Å². The summed E-state index contributed by atoms with van der Waals surface area (Å²) < 4.78 is 4.59. The first-order chi connectivity index (χ1) is 11.6.